The van der Waals surface area contributed by atoms with Crippen LogP contribution in [0.5, 0.6) is 5.75 Å². The van der Waals surface area contributed by atoms with Gasteiger partial charge in [0.1, 0.15) is 5.75 Å². The first-order valence-electron chi connectivity index (χ1n) is 4.35. The van der Waals surface area contributed by atoms with E-state index in [1.54, 1.807) is 7.11 Å². The lowest BCUT2D eigenvalue weighted by atomic mass is 10.3. The average molecular weight is 212 g/mol. The molecule has 0 amide bonds. The SMILES string of the molecule is C=C(C)CNc1ccc(OC)c(Cl)c1. The molecule has 1 aromatic rings. The van der Waals surface area contributed by atoms with Gasteiger partial charge in [-0.25, -0.2) is 0 Å². The molecule has 0 aliphatic rings. The van der Waals surface area contributed by atoms with Gasteiger partial charge in [-0.2, -0.15) is 0 Å². The molecule has 0 saturated heterocycles. The lowest BCUT2D eigenvalue weighted by molar-refractivity contribution is 0.415. The van der Waals surface area contributed by atoms with E-state index in [2.05, 4.69) is 11.9 Å². The maximum absolute atomic E-state index is 5.96. The molecule has 0 bridgehead atoms. The van der Waals surface area contributed by atoms with Crippen molar-refractivity contribution in [1.82, 2.24) is 0 Å². The number of nitrogens with one attached hydrogen (secondary N) is 1. The first-order valence-corrected chi connectivity index (χ1v) is 4.73. The summed E-state index contributed by atoms with van der Waals surface area (Å²) >= 11 is 5.96. The minimum Gasteiger partial charge on any atom is -0.495 e. The number of halogens is 1. The van der Waals surface area contributed by atoms with E-state index in [1.807, 2.05) is 25.1 Å². The van der Waals surface area contributed by atoms with Crippen LogP contribution >= 0.6 is 11.6 Å². The molecule has 1 N–H and O–H groups in total. The summed E-state index contributed by atoms with van der Waals surface area (Å²) in [4.78, 5) is 0. The Bertz CT molecular complexity index is 336. The van der Waals surface area contributed by atoms with Crippen molar-refractivity contribution in [2.75, 3.05) is 19.0 Å². The third kappa shape index (κ3) is 2.96. The van der Waals surface area contributed by atoms with Crippen LogP contribution in [0.25, 0.3) is 0 Å². The molecule has 0 heterocycles. The van der Waals surface area contributed by atoms with Crippen molar-refractivity contribution < 1.29 is 4.74 Å². The fraction of sp³-hybridized carbons (Fsp3) is 0.273. The van der Waals surface area contributed by atoms with E-state index in [0.717, 1.165) is 17.8 Å². The second-order valence-electron chi connectivity index (χ2n) is 3.16. The van der Waals surface area contributed by atoms with Gasteiger partial charge in [-0.1, -0.05) is 23.8 Å². The molecular weight excluding hydrogens is 198 g/mol. The van der Waals surface area contributed by atoms with Gasteiger partial charge in [0.25, 0.3) is 0 Å². The fourth-order valence-electron chi connectivity index (χ4n) is 1.03. The van der Waals surface area contributed by atoms with Gasteiger partial charge in [0.2, 0.25) is 0 Å². The van der Waals surface area contributed by atoms with Gasteiger partial charge in [0.15, 0.2) is 0 Å². The molecule has 0 aromatic heterocycles. The normalized spacial score (nSPS) is 9.64. The molecule has 1 aromatic carbocycles. The van der Waals surface area contributed by atoms with Crippen LogP contribution in [0.2, 0.25) is 5.02 Å². The molecule has 76 valence electrons. The van der Waals surface area contributed by atoms with Gasteiger partial charge in [0, 0.05) is 12.2 Å². The Labute approximate surface area is 89.5 Å². The summed E-state index contributed by atoms with van der Waals surface area (Å²) in [6, 6.07) is 5.60. The van der Waals surface area contributed by atoms with Crippen LogP contribution in [0.4, 0.5) is 5.69 Å². The molecule has 0 saturated carbocycles. The summed E-state index contributed by atoms with van der Waals surface area (Å²) in [5, 5.41) is 3.81. The van der Waals surface area contributed by atoms with Crippen molar-refractivity contribution in [3.63, 3.8) is 0 Å². The van der Waals surface area contributed by atoms with E-state index >= 15 is 0 Å². The number of methoxy groups -OCH3 is 1. The van der Waals surface area contributed by atoms with Crippen molar-refractivity contribution in [2.24, 2.45) is 0 Å². The molecule has 0 unspecified atom stereocenters. The minimum atomic E-state index is 0.610. The lowest BCUT2D eigenvalue weighted by Gasteiger charge is -2.08. The smallest absolute Gasteiger partial charge is 0.137 e. The molecule has 0 spiro atoms. The first kappa shape index (κ1) is 10.9. The van der Waals surface area contributed by atoms with Gasteiger partial charge in [-0.05, 0) is 25.1 Å². The standard InChI is InChI=1S/C11H14ClNO/c1-8(2)7-13-9-4-5-11(14-3)10(12)6-9/h4-6,13H,1,7H2,2-3H3. The summed E-state index contributed by atoms with van der Waals surface area (Å²) < 4.78 is 5.05. The number of hydrogen-bond acceptors (Lipinski definition) is 2. The van der Waals surface area contributed by atoms with Crippen LogP contribution in [-0.2, 0) is 0 Å². The number of ether oxygens (including phenoxy) is 1. The second-order valence-corrected chi connectivity index (χ2v) is 3.57. The van der Waals surface area contributed by atoms with Crippen molar-refractivity contribution in [2.45, 2.75) is 6.92 Å². The summed E-state index contributed by atoms with van der Waals surface area (Å²) in [6.45, 7) is 6.53. The summed E-state index contributed by atoms with van der Waals surface area (Å²) in [5.74, 6) is 0.688. The molecule has 0 aliphatic carbocycles. The zero-order valence-electron chi connectivity index (χ0n) is 8.43. The maximum atomic E-state index is 5.96. The van der Waals surface area contributed by atoms with Crippen molar-refractivity contribution in [3.05, 3.63) is 35.4 Å². The third-order valence-electron chi connectivity index (χ3n) is 1.75. The van der Waals surface area contributed by atoms with Crippen LogP contribution in [0.3, 0.4) is 0 Å². The molecule has 2 nitrogen and oxygen atoms in total. The van der Waals surface area contributed by atoms with Crippen molar-refractivity contribution >= 4 is 17.3 Å². The van der Waals surface area contributed by atoms with E-state index in [4.69, 9.17) is 16.3 Å². The van der Waals surface area contributed by atoms with Gasteiger partial charge >= 0.3 is 0 Å². The second kappa shape index (κ2) is 4.91. The zero-order chi connectivity index (χ0) is 10.6. The Morgan fingerprint density at radius 3 is 2.79 bits per heavy atom. The van der Waals surface area contributed by atoms with E-state index in [1.165, 1.54) is 0 Å². The van der Waals surface area contributed by atoms with Crippen LogP contribution in [0.15, 0.2) is 30.4 Å². The molecular formula is C11H14ClNO. The van der Waals surface area contributed by atoms with Crippen LogP contribution in [0.1, 0.15) is 6.92 Å². The predicted octanol–water partition coefficient (Wildman–Crippen LogP) is 3.34. The first-order chi connectivity index (χ1) is 6.63. The highest BCUT2D eigenvalue weighted by Crippen LogP contribution is 2.27. The number of anilines is 1. The Balaban J connectivity index is 2.71. The largest absolute Gasteiger partial charge is 0.495 e. The Morgan fingerprint density at radius 2 is 2.29 bits per heavy atom. The number of benzene rings is 1. The number of rotatable bonds is 4. The zero-order valence-corrected chi connectivity index (χ0v) is 9.19. The minimum absolute atomic E-state index is 0.610. The van der Waals surface area contributed by atoms with Gasteiger partial charge in [-0.15, -0.1) is 0 Å². The molecule has 0 aliphatic heterocycles. The quantitative estimate of drug-likeness (QED) is 0.772. The molecule has 14 heavy (non-hydrogen) atoms. The topological polar surface area (TPSA) is 21.3 Å². The van der Waals surface area contributed by atoms with Gasteiger partial charge in [0.05, 0.1) is 12.1 Å². The predicted molar refractivity (Wildman–Crippen MR) is 61.3 cm³/mol. The van der Waals surface area contributed by atoms with Gasteiger partial charge < -0.3 is 10.1 Å². The molecule has 0 radical (unpaired) electrons. The molecule has 1 rings (SSSR count). The highest BCUT2D eigenvalue weighted by Gasteiger charge is 2.00. The van der Waals surface area contributed by atoms with E-state index in [9.17, 15) is 0 Å². The van der Waals surface area contributed by atoms with Crippen LogP contribution in [-0.4, -0.2) is 13.7 Å². The molecule has 3 heteroatoms. The van der Waals surface area contributed by atoms with E-state index in [-0.39, 0.29) is 0 Å². The average Bonchev–Trinajstić information content (AvgIpc) is 2.15. The van der Waals surface area contributed by atoms with E-state index < -0.39 is 0 Å². The summed E-state index contributed by atoms with van der Waals surface area (Å²) in [5.41, 5.74) is 2.05. The van der Waals surface area contributed by atoms with Gasteiger partial charge in [-0.3, -0.25) is 0 Å². The number of hydrogen-bond donors (Lipinski definition) is 1. The molecule has 0 fully saturated rings. The lowest BCUT2D eigenvalue weighted by Crippen LogP contribution is -2.01. The highest BCUT2D eigenvalue weighted by atomic mass is 35.5. The highest BCUT2D eigenvalue weighted by molar-refractivity contribution is 6.32. The fourth-order valence-corrected chi connectivity index (χ4v) is 1.29. The van der Waals surface area contributed by atoms with Crippen molar-refractivity contribution in [3.8, 4) is 5.75 Å². The summed E-state index contributed by atoms with van der Waals surface area (Å²) in [6.07, 6.45) is 0. The van der Waals surface area contributed by atoms with Crippen molar-refractivity contribution in [1.29, 1.82) is 0 Å². The maximum Gasteiger partial charge on any atom is 0.137 e. The van der Waals surface area contributed by atoms with E-state index in [0.29, 0.717) is 10.8 Å². The Morgan fingerprint density at radius 1 is 1.57 bits per heavy atom. The summed E-state index contributed by atoms with van der Waals surface area (Å²) in [7, 11) is 1.60. The Hall–Kier alpha value is -1.15. The third-order valence-corrected chi connectivity index (χ3v) is 2.04. The monoisotopic (exact) mass is 211 g/mol. The molecule has 0 atom stereocenters. The van der Waals surface area contributed by atoms with Crippen LogP contribution in [0, 0.1) is 0 Å². The Kier molecular flexibility index (Phi) is 3.84. The van der Waals surface area contributed by atoms with Crippen LogP contribution < -0.4 is 10.1 Å².